The molecule has 6 nitrogen and oxygen atoms in total. The largest absolute Gasteiger partial charge is 0.494 e. The number of alkyl halides is 3. The minimum absolute atomic E-state index is 0.178. The van der Waals surface area contributed by atoms with Crippen LogP contribution in [-0.2, 0) is 6.18 Å². The Morgan fingerprint density at radius 2 is 2.00 bits per heavy atom. The van der Waals surface area contributed by atoms with Gasteiger partial charge in [-0.25, -0.2) is 14.2 Å². The summed E-state index contributed by atoms with van der Waals surface area (Å²) in [7, 11) is 1.41. The Morgan fingerprint density at radius 3 is 2.58 bits per heavy atom. The number of methoxy groups -OCH3 is 1. The molecule has 3 aromatic rings. The van der Waals surface area contributed by atoms with Crippen LogP contribution >= 0.6 is 11.3 Å². The van der Waals surface area contributed by atoms with Crippen molar-refractivity contribution in [2.75, 3.05) is 25.1 Å². The normalized spacial score (nSPS) is 15.3. The second kappa shape index (κ2) is 8.97. The highest BCUT2D eigenvalue weighted by molar-refractivity contribution is 7.12. The van der Waals surface area contributed by atoms with Crippen LogP contribution in [0.1, 0.15) is 34.7 Å². The SMILES string of the molecule is COc1ccc(C2=CCN(c3ncn(C(C)c4ccc(C(F)(F)F)s4)c(=O)n3)CC2)cc1F. The van der Waals surface area contributed by atoms with Gasteiger partial charge in [-0.1, -0.05) is 12.1 Å². The Bertz CT molecular complexity index is 1250. The molecule has 1 atom stereocenters. The van der Waals surface area contributed by atoms with E-state index in [0.29, 0.717) is 35.7 Å². The number of anilines is 1. The van der Waals surface area contributed by atoms with Crippen molar-refractivity contribution in [2.24, 2.45) is 0 Å². The number of hydrogen-bond donors (Lipinski definition) is 0. The molecule has 0 amide bonds. The van der Waals surface area contributed by atoms with Crippen LogP contribution < -0.4 is 15.3 Å². The van der Waals surface area contributed by atoms with E-state index in [1.54, 1.807) is 19.1 Å². The molecule has 1 aliphatic rings. The van der Waals surface area contributed by atoms with E-state index < -0.39 is 28.6 Å². The van der Waals surface area contributed by atoms with Gasteiger partial charge in [-0.3, -0.25) is 4.57 Å². The zero-order valence-electron chi connectivity index (χ0n) is 17.8. The molecule has 3 heterocycles. The van der Waals surface area contributed by atoms with E-state index in [1.807, 2.05) is 11.0 Å². The van der Waals surface area contributed by atoms with Crippen LogP contribution in [0.4, 0.5) is 23.5 Å². The van der Waals surface area contributed by atoms with Crippen molar-refractivity contribution in [3.63, 3.8) is 0 Å². The van der Waals surface area contributed by atoms with Crippen LogP contribution in [0, 0.1) is 5.82 Å². The predicted octanol–water partition coefficient (Wildman–Crippen LogP) is 4.77. The fraction of sp³-hybridized carbons (Fsp3) is 0.318. The van der Waals surface area contributed by atoms with Crippen molar-refractivity contribution in [3.05, 3.63) is 74.4 Å². The van der Waals surface area contributed by atoms with Crippen molar-refractivity contribution in [2.45, 2.75) is 25.6 Å². The topological polar surface area (TPSA) is 60.2 Å². The average Bonchev–Trinajstić information content (AvgIpc) is 3.30. The van der Waals surface area contributed by atoms with Gasteiger partial charge in [0.1, 0.15) is 11.2 Å². The Hall–Kier alpha value is -3.21. The number of benzene rings is 1. The molecule has 0 aliphatic carbocycles. The van der Waals surface area contributed by atoms with Crippen LogP contribution in [-0.4, -0.2) is 34.7 Å². The van der Waals surface area contributed by atoms with E-state index in [2.05, 4.69) is 9.97 Å². The molecular formula is C22H20F4N4O2S. The maximum absolute atomic E-state index is 14.0. The second-order valence-corrected chi connectivity index (χ2v) is 8.61. The number of thiophene rings is 1. The first kappa shape index (κ1) is 23.0. The first-order valence-electron chi connectivity index (χ1n) is 10.1. The maximum atomic E-state index is 14.0. The van der Waals surface area contributed by atoms with Crippen LogP contribution in [0.5, 0.6) is 5.75 Å². The minimum Gasteiger partial charge on any atom is -0.494 e. The third kappa shape index (κ3) is 4.77. The number of hydrogen-bond acceptors (Lipinski definition) is 6. The minimum atomic E-state index is -4.42. The summed E-state index contributed by atoms with van der Waals surface area (Å²) in [5.41, 5.74) is 1.13. The number of halogens is 4. The first-order chi connectivity index (χ1) is 15.7. The quantitative estimate of drug-likeness (QED) is 0.493. The Balaban J connectivity index is 1.49. The van der Waals surface area contributed by atoms with E-state index in [1.165, 1.54) is 30.1 Å². The van der Waals surface area contributed by atoms with E-state index >= 15 is 0 Å². The fourth-order valence-electron chi connectivity index (χ4n) is 3.60. The third-order valence-corrected chi connectivity index (χ3v) is 6.76. The molecule has 1 aliphatic heterocycles. The Morgan fingerprint density at radius 1 is 1.21 bits per heavy atom. The van der Waals surface area contributed by atoms with Gasteiger partial charge in [0, 0.05) is 18.0 Å². The van der Waals surface area contributed by atoms with Gasteiger partial charge in [-0.15, -0.1) is 11.3 Å². The lowest BCUT2D eigenvalue weighted by molar-refractivity contribution is -0.134. The summed E-state index contributed by atoms with van der Waals surface area (Å²) in [6.45, 7) is 2.58. The summed E-state index contributed by atoms with van der Waals surface area (Å²) >= 11 is 0.592. The predicted molar refractivity (Wildman–Crippen MR) is 117 cm³/mol. The fourth-order valence-corrected chi connectivity index (χ4v) is 4.53. The van der Waals surface area contributed by atoms with E-state index in [4.69, 9.17) is 4.74 Å². The molecule has 11 heteroatoms. The van der Waals surface area contributed by atoms with E-state index in [0.717, 1.165) is 17.2 Å². The smallest absolute Gasteiger partial charge is 0.425 e. The molecule has 174 valence electrons. The first-order valence-corrected chi connectivity index (χ1v) is 10.9. The maximum Gasteiger partial charge on any atom is 0.425 e. The molecule has 2 aromatic heterocycles. The van der Waals surface area contributed by atoms with Crippen molar-refractivity contribution in [1.82, 2.24) is 14.5 Å². The van der Waals surface area contributed by atoms with Gasteiger partial charge in [-0.2, -0.15) is 18.2 Å². The van der Waals surface area contributed by atoms with Crippen molar-refractivity contribution in [3.8, 4) is 5.75 Å². The molecule has 0 N–H and O–H groups in total. The monoisotopic (exact) mass is 480 g/mol. The van der Waals surface area contributed by atoms with Crippen LogP contribution in [0.15, 0.2) is 47.5 Å². The molecular weight excluding hydrogens is 460 g/mol. The number of aromatic nitrogens is 3. The molecule has 4 rings (SSSR count). The molecule has 0 spiro atoms. The van der Waals surface area contributed by atoms with E-state index in [-0.39, 0.29) is 11.7 Å². The second-order valence-electron chi connectivity index (χ2n) is 7.50. The summed E-state index contributed by atoms with van der Waals surface area (Å²) in [6, 6.07) is 6.52. The van der Waals surface area contributed by atoms with Crippen LogP contribution in [0.2, 0.25) is 0 Å². The number of nitrogens with zero attached hydrogens (tertiary/aromatic N) is 4. The van der Waals surface area contributed by atoms with Crippen LogP contribution in [0.25, 0.3) is 5.57 Å². The highest BCUT2D eigenvalue weighted by Gasteiger charge is 2.33. The number of ether oxygens (including phenoxy) is 1. The van der Waals surface area contributed by atoms with Crippen molar-refractivity contribution < 1.29 is 22.3 Å². The van der Waals surface area contributed by atoms with E-state index in [9.17, 15) is 22.4 Å². The van der Waals surface area contributed by atoms with Gasteiger partial charge in [0.25, 0.3) is 0 Å². The van der Waals surface area contributed by atoms with Gasteiger partial charge < -0.3 is 9.64 Å². The molecule has 0 saturated carbocycles. The lowest BCUT2D eigenvalue weighted by Crippen LogP contribution is -2.34. The summed E-state index contributed by atoms with van der Waals surface area (Å²) in [6.07, 6.45) is -0.594. The molecule has 33 heavy (non-hydrogen) atoms. The highest BCUT2D eigenvalue weighted by Crippen LogP contribution is 2.37. The molecule has 0 radical (unpaired) electrons. The van der Waals surface area contributed by atoms with Gasteiger partial charge >= 0.3 is 11.9 Å². The Labute approximate surface area is 190 Å². The van der Waals surface area contributed by atoms with Gasteiger partial charge in [0.2, 0.25) is 5.95 Å². The lowest BCUT2D eigenvalue weighted by atomic mass is 9.99. The zero-order valence-corrected chi connectivity index (χ0v) is 18.6. The Kier molecular flexibility index (Phi) is 6.24. The highest BCUT2D eigenvalue weighted by atomic mass is 32.1. The van der Waals surface area contributed by atoms with Gasteiger partial charge in [0.05, 0.1) is 13.2 Å². The standard InChI is InChI=1S/C22H20F4N4O2S/c1-13(18-5-6-19(33-18)22(24,25)26)30-12-27-20(28-21(30)31)29-9-7-14(8-10-29)15-3-4-17(32-2)16(23)11-15/h3-7,11-13H,8-10H2,1-2H3. The molecule has 0 fully saturated rings. The summed E-state index contributed by atoms with van der Waals surface area (Å²) in [4.78, 5) is 22.3. The third-order valence-electron chi connectivity index (χ3n) is 5.46. The lowest BCUT2D eigenvalue weighted by Gasteiger charge is -2.26. The molecule has 0 saturated heterocycles. The van der Waals surface area contributed by atoms with Gasteiger partial charge in [0.15, 0.2) is 11.6 Å². The number of rotatable bonds is 5. The molecule has 1 unspecified atom stereocenters. The molecule has 1 aromatic carbocycles. The van der Waals surface area contributed by atoms with Crippen molar-refractivity contribution >= 4 is 22.9 Å². The van der Waals surface area contributed by atoms with Crippen LogP contribution in [0.3, 0.4) is 0 Å². The zero-order chi connectivity index (χ0) is 23.8. The summed E-state index contributed by atoms with van der Waals surface area (Å²) < 4.78 is 58.8. The van der Waals surface area contributed by atoms with Crippen molar-refractivity contribution in [1.29, 1.82) is 0 Å². The summed E-state index contributed by atoms with van der Waals surface area (Å²) in [5, 5.41) is 0. The molecule has 0 bridgehead atoms. The summed E-state index contributed by atoms with van der Waals surface area (Å²) in [5.74, 6) is -0.0218. The average molecular weight is 480 g/mol. The van der Waals surface area contributed by atoms with Gasteiger partial charge in [-0.05, 0) is 48.7 Å².